The number of rotatable bonds is 6. The summed E-state index contributed by atoms with van der Waals surface area (Å²) < 4.78 is 4.82. The van der Waals surface area contributed by atoms with E-state index in [0.717, 1.165) is 0 Å². The Morgan fingerprint density at radius 2 is 2.05 bits per heavy atom. The normalized spacial score (nSPS) is 11.7. The molecular formula is C13H20N4O3. The van der Waals surface area contributed by atoms with Gasteiger partial charge in [0.25, 0.3) is 5.91 Å². The number of benzene rings is 1. The van der Waals surface area contributed by atoms with Crippen molar-refractivity contribution in [2.45, 2.75) is 13.0 Å². The van der Waals surface area contributed by atoms with Crippen molar-refractivity contribution < 1.29 is 14.3 Å². The number of hydrogen-bond donors (Lipinski definition) is 4. The number of hydrogen-bond acceptors (Lipinski definition) is 5. The molecule has 0 spiro atoms. The Kier molecular flexibility index (Phi) is 5.79. The molecule has 20 heavy (non-hydrogen) atoms. The number of nitrogens with two attached hydrogens (primary N) is 2. The molecule has 0 saturated carbocycles. The van der Waals surface area contributed by atoms with Crippen molar-refractivity contribution in [1.29, 1.82) is 0 Å². The first-order valence-electron chi connectivity index (χ1n) is 6.18. The molecule has 0 aliphatic heterocycles. The number of methoxy groups -OCH3 is 1. The summed E-state index contributed by atoms with van der Waals surface area (Å²) in [7, 11) is 1.54. The van der Waals surface area contributed by atoms with Crippen LogP contribution < -0.4 is 22.1 Å². The predicted molar refractivity (Wildman–Crippen MR) is 77.1 cm³/mol. The fraction of sp³-hybridized carbons (Fsp3) is 0.385. The Bertz CT molecular complexity index is 491. The fourth-order valence-corrected chi connectivity index (χ4v) is 1.56. The molecule has 2 amide bonds. The first kappa shape index (κ1) is 15.8. The van der Waals surface area contributed by atoms with E-state index in [-0.39, 0.29) is 17.2 Å². The maximum Gasteiger partial charge on any atom is 0.254 e. The van der Waals surface area contributed by atoms with Gasteiger partial charge in [-0.05, 0) is 25.1 Å². The second-order valence-electron chi connectivity index (χ2n) is 4.33. The van der Waals surface area contributed by atoms with E-state index in [4.69, 9.17) is 16.2 Å². The van der Waals surface area contributed by atoms with Crippen LogP contribution in [0.15, 0.2) is 18.2 Å². The minimum atomic E-state index is -0.670. The highest BCUT2D eigenvalue weighted by molar-refractivity contribution is 6.01. The molecule has 0 aliphatic rings. The maximum atomic E-state index is 12.0. The van der Waals surface area contributed by atoms with E-state index in [1.54, 1.807) is 20.1 Å². The van der Waals surface area contributed by atoms with Crippen molar-refractivity contribution in [3.05, 3.63) is 23.8 Å². The van der Waals surface area contributed by atoms with Crippen LogP contribution in [0.1, 0.15) is 17.3 Å². The highest BCUT2D eigenvalue weighted by Gasteiger charge is 2.17. The number of carbonyl (C=O) groups excluding carboxylic acids is 2. The largest absolute Gasteiger partial charge is 0.399 e. The summed E-state index contributed by atoms with van der Waals surface area (Å²) in [6.07, 6.45) is 0. The van der Waals surface area contributed by atoms with Crippen molar-refractivity contribution >= 4 is 23.2 Å². The number of anilines is 2. The Hall–Kier alpha value is -2.28. The smallest absolute Gasteiger partial charge is 0.254 e. The zero-order chi connectivity index (χ0) is 15.1. The van der Waals surface area contributed by atoms with Crippen LogP contribution in [0.25, 0.3) is 0 Å². The van der Waals surface area contributed by atoms with Crippen LogP contribution >= 0.6 is 0 Å². The SMILES string of the molecule is COCCNC(=O)C(C)NC(=O)c1ccc(N)cc1N. The average molecular weight is 280 g/mol. The average Bonchev–Trinajstić information content (AvgIpc) is 2.38. The summed E-state index contributed by atoms with van der Waals surface area (Å²) in [6, 6.07) is 3.93. The van der Waals surface area contributed by atoms with Gasteiger partial charge in [-0.3, -0.25) is 9.59 Å². The van der Waals surface area contributed by atoms with Crippen molar-refractivity contribution in [3.63, 3.8) is 0 Å². The second kappa shape index (κ2) is 7.34. The number of carbonyl (C=O) groups is 2. The topological polar surface area (TPSA) is 119 Å². The summed E-state index contributed by atoms with van der Waals surface area (Å²) >= 11 is 0. The van der Waals surface area contributed by atoms with Crippen LogP contribution in [-0.4, -0.2) is 38.1 Å². The molecule has 0 radical (unpaired) electrons. The minimum Gasteiger partial charge on any atom is -0.399 e. The first-order chi connectivity index (χ1) is 9.45. The summed E-state index contributed by atoms with van der Waals surface area (Å²) in [5.41, 5.74) is 12.3. The third-order valence-electron chi connectivity index (χ3n) is 2.67. The van der Waals surface area contributed by atoms with Gasteiger partial charge in [-0.15, -0.1) is 0 Å². The molecule has 1 unspecified atom stereocenters. The van der Waals surface area contributed by atoms with Gasteiger partial charge in [-0.25, -0.2) is 0 Å². The lowest BCUT2D eigenvalue weighted by molar-refractivity contribution is -0.122. The van der Waals surface area contributed by atoms with Gasteiger partial charge in [0, 0.05) is 25.0 Å². The van der Waals surface area contributed by atoms with Gasteiger partial charge in [0.1, 0.15) is 6.04 Å². The van der Waals surface area contributed by atoms with Crippen LogP contribution in [0, 0.1) is 0 Å². The molecule has 7 nitrogen and oxygen atoms in total. The Morgan fingerprint density at radius 3 is 2.65 bits per heavy atom. The Morgan fingerprint density at radius 1 is 1.35 bits per heavy atom. The maximum absolute atomic E-state index is 12.0. The van der Waals surface area contributed by atoms with Crippen LogP contribution in [0.5, 0.6) is 0 Å². The van der Waals surface area contributed by atoms with E-state index in [1.807, 2.05) is 0 Å². The number of ether oxygens (including phenoxy) is 1. The molecule has 0 fully saturated rings. The Labute approximate surface area is 117 Å². The van der Waals surface area contributed by atoms with Gasteiger partial charge >= 0.3 is 0 Å². The van der Waals surface area contributed by atoms with Gasteiger partial charge in [-0.1, -0.05) is 0 Å². The number of amides is 2. The van der Waals surface area contributed by atoms with E-state index in [2.05, 4.69) is 10.6 Å². The lowest BCUT2D eigenvalue weighted by atomic mass is 10.1. The highest BCUT2D eigenvalue weighted by Crippen LogP contribution is 2.15. The molecular weight excluding hydrogens is 260 g/mol. The van der Waals surface area contributed by atoms with Gasteiger partial charge in [0.2, 0.25) is 5.91 Å². The van der Waals surface area contributed by atoms with Crippen LogP contribution in [0.3, 0.4) is 0 Å². The molecule has 0 saturated heterocycles. The Balaban J connectivity index is 2.58. The third kappa shape index (κ3) is 4.43. The molecule has 1 rings (SSSR count). The highest BCUT2D eigenvalue weighted by atomic mass is 16.5. The fourth-order valence-electron chi connectivity index (χ4n) is 1.56. The molecule has 1 atom stereocenters. The molecule has 1 aromatic rings. The lowest BCUT2D eigenvalue weighted by Crippen LogP contribution is -2.45. The van der Waals surface area contributed by atoms with E-state index >= 15 is 0 Å². The summed E-state index contributed by atoms with van der Waals surface area (Å²) in [5, 5.41) is 5.20. The van der Waals surface area contributed by atoms with E-state index in [1.165, 1.54) is 12.1 Å². The zero-order valence-electron chi connectivity index (χ0n) is 11.6. The molecule has 0 aliphatic carbocycles. The zero-order valence-corrected chi connectivity index (χ0v) is 11.6. The van der Waals surface area contributed by atoms with Gasteiger partial charge in [-0.2, -0.15) is 0 Å². The second-order valence-corrected chi connectivity index (χ2v) is 4.33. The third-order valence-corrected chi connectivity index (χ3v) is 2.67. The predicted octanol–water partition coefficient (Wildman–Crippen LogP) is -0.268. The van der Waals surface area contributed by atoms with E-state index in [9.17, 15) is 9.59 Å². The summed E-state index contributed by atoms with van der Waals surface area (Å²) in [6.45, 7) is 2.39. The van der Waals surface area contributed by atoms with Gasteiger partial charge in [0.05, 0.1) is 12.2 Å². The van der Waals surface area contributed by atoms with Crippen LogP contribution in [0.2, 0.25) is 0 Å². The van der Waals surface area contributed by atoms with Crippen molar-refractivity contribution in [3.8, 4) is 0 Å². The summed E-state index contributed by atoms with van der Waals surface area (Å²) in [5.74, 6) is -0.707. The lowest BCUT2D eigenvalue weighted by Gasteiger charge is -2.15. The summed E-state index contributed by atoms with van der Waals surface area (Å²) in [4.78, 5) is 23.7. The molecule has 7 heteroatoms. The van der Waals surface area contributed by atoms with E-state index < -0.39 is 11.9 Å². The van der Waals surface area contributed by atoms with Crippen LogP contribution in [-0.2, 0) is 9.53 Å². The standard InChI is InChI=1S/C13H20N4O3/c1-8(12(18)16-5-6-20-2)17-13(19)10-4-3-9(14)7-11(10)15/h3-4,7-8H,5-6,14-15H2,1-2H3,(H,16,18)(H,17,19). The quantitative estimate of drug-likeness (QED) is 0.422. The van der Waals surface area contributed by atoms with Crippen molar-refractivity contribution in [1.82, 2.24) is 10.6 Å². The molecule has 110 valence electrons. The molecule has 1 aromatic carbocycles. The first-order valence-corrected chi connectivity index (χ1v) is 6.18. The van der Waals surface area contributed by atoms with Crippen LogP contribution in [0.4, 0.5) is 11.4 Å². The monoisotopic (exact) mass is 280 g/mol. The number of nitrogen functional groups attached to an aromatic ring is 2. The molecule has 0 bridgehead atoms. The van der Waals surface area contributed by atoms with Gasteiger partial charge in [0.15, 0.2) is 0 Å². The molecule has 0 heterocycles. The van der Waals surface area contributed by atoms with Crippen molar-refractivity contribution in [2.24, 2.45) is 0 Å². The van der Waals surface area contributed by atoms with Crippen molar-refractivity contribution in [2.75, 3.05) is 31.7 Å². The number of nitrogens with one attached hydrogen (secondary N) is 2. The minimum absolute atomic E-state index is 0.273. The molecule has 6 N–H and O–H groups in total. The molecule has 0 aromatic heterocycles. The van der Waals surface area contributed by atoms with Gasteiger partial charge < -0.3 is 26.8 Å². The van der Waals surface area contributed by atoms with E-state index in [0.29, 0.717) is 18.8 Å².